The van der Waals surface area contributed by atoms with Gasteiger partial charge >= 0.3 is 0 Å². The van der Waals surface area contributed by atoms with Crippen LogP contribution in [0.3, 0.4) is 0 Å². The molecule has 0 aliphatic heterocycles. The third kappa shape index (κ3) is 9.86. The molecule has 2 aromatic rings. The maximum absolute atomic E-state index is 12.8. The second-order valence-electron chi connectivity index (χ2n) is 8.93. The summed E-state index contributed by atoms with van der Waals surface area (Å²) >= 11 is 0. The fourth-order valence-electron chi connectivity index (χ4n) is 3.61. The van der Waals surface area contributed by atoms with Gasteiger partial charge in [-0.05, 0) is 37.3 Å². The van der Waals surface area contributed by atoms with Gasteiger partial charge in [-0.3, -0.25) is 24.7 Å². The number of hydrogen-bond acceptors (Lipinski definition) is 10. The van der Waals surface area contributed by atoms with Gasteiger partial charge in [-0.25, -0.2) is 0 Å². The van der Waals surface area contributed by atoms with Gasteiger partial charge in [0.25, 0.3) is 5.91 Å². The van der Waals surface area contributed by atoms with E-state index in [2.05, 4.69) is 26.4 Å². The predicted molar refractivity (Wildman–Crippen MR) is 143 cm³/mol. The van der Waals surface area contributed by atoms with Crippen molar-refractivity contribution in [3.63, 3.8) is 0 Å². The second kappa shape index (κ2) is 15.8. The van der Waals surface area contributed by atoms with Crippen molar-refractivity contribution < 1.29 is 30.3 Å². The van der Waals surface area contributed by atoms with Crippen LogP contribution < -0.4 is 0 Å². The van der Waals surface area contributed by atoms with Crippen molar-refractivity contribution >= 4 is 11.6 Å². The van der Waals surface area contributed by atoms with Crippen LogP contribution in [0.1, 0.15) is 28.7 Å². The van der Waals surface area contributed by atoms with E-state index in [1.54, 1.807) is 36.7 Å². The molecule has 1 amide bonds. The Balaban J connectivity index is 2.06. The molecule has 206 valence electrons. The van der Waals surface area contributed by atoms with Crippen molar-refractivity contribution in [2.75, 3.05) is 26.7 Å². The summed E-state index contributed by atoms with van der Waals surface area (Å²) < 4.78 is 0. The third-order valence-electron chi connectivity index (χ3n) is 5.67. The van der Waals surface area contributed by atoms with E-state index in [9.17, 15) is 25.2 Å². The maximum atomic E-state index is 12.8. The minimum absolute atomic E-state index is 0.275. The first-order valence-corrected chi connectivity index (χ1v) is 12.1. The van der Waals surface area contributed by atoms with Gasteiger partial charge in [0.2, 0.25) is 0 Å². The van der Waals surface area contributed by atoms with Gasteiger partial charge in [-0.1, -0.05) is 18.7 Å². The Labute approximate surface area is 222 Å². The number of aromatic nitrogens is 2. The lowest BCUT2D eigenvalue weighted by atomic mass is 10.0. The van der Waals surface area contributed by atoms with Gasteiger partial charge in [0, 0.05) is 57.5 Å². The molecule has 38 heavy (non-hydrogen) atoms. The molecule has 2 heterocycles. The summed E-state index contributed by atoms with van der Waals surface area (Å²) in [7, 11) is 1.43. The molecular weight excluding hydrogens is 490 g/mol. The average molecular weight is 528 g/mol. The first kappa shape index (κ1) is 30.9. The van der Waals surface area contributed by atoms with E-state index in [4.69, 9.17) is 5.11 Å². The molecule has 0 aromatic carbocycles. The summed E-state index contributed by atoms with van der Waals surface area (Å²) in [6.07, 6.45) is 1.59. The largest absolute Gasteiger partial charge is 0.394 e. The van der Waals surface area contributed by atoms with Gasteiger partial charge in [0.05, 0.1) is 23.6 Å². The second-order valence-corrected chi connectivity index (χ2v) is 8.93. The molecule has 11 heteroatoms. The highest BCUT2D eigenvalue weighted by molar-refractivity contribution is 5.93. The van der Waals surface area contributed by atoms with Crippen LogP contribution in [0.25, 0.3) is 0 Å². The van der Waals surface area contributed by atoms with Gasteiger partial charge in [0.1, 0.15) is 24.4 Å². The molecule has 11 nitrogen and oxygen atoms in total. The number of aliphatic imine (C=N–C) groups is 1. The van der Waals surface area contributed by atoms with Gasteiger partial charge in [-0.15, -0.1) is 0 Å². The number of carbonyl (C=O) groups is 1. The summed E-state index contributed by atoms with van der Waals surface area (Å²) in [5, 5.41) is 48.3. The highest BCUT2D eigenvalue weighted by Gasteiger charge is 2.31. The maximum Gasteiger partial charge on any atom is 0.255 e. The van der Waals surface area contributed by atoms with E-state index in [1.807, 2.05) is 25.1 Å². The Kier molecular flexibility index (Phi) is 12.9. The molecule has 0 radical (unpaired) electrons. The standard InChI is InChI=1S/C27H37N5O6/c1-4-5-11-28-19(2)14-32(15-21-8-6-7-12-29-21)16-22-10-9-20(13-30-22)27(38)31(3)17-23(34)25(36)26(37)24(35)18-33/h4-13,23-26,33-37H,1,14-18H2,2-3H3/b11-5-,28-19?/t23-,24+,25+,26+/m0/s1. The van der Waals surface area contributed by atoms with Crippen molar-refractivity contribution in [1.82, 2.24) is 19.8 Å². The number of aliphatic hydroxyl groups excluding tert-OH is 5. The Morgan fingerprint density at radius 2 is 1.74 bits per heavy atom. The van der Waals surface area contributed by atoms with Crippen LogP contribution in [0.2, 0.25) is 0 Å². The lowest BCUT2D eigenvalue weighted by Crippen LogP contribution is -2.50. The molecule has 0 fully saturated rings. The van der Waals surface area contributed by atoms with E-state index >= 15 is 0 Å². The topological polar surface area (TPSA) is 163 Å². The Morgan fingerprint density at radius 3 is 2.32 bits per heavy atom. The van der Waals surface area contributed by atoms with Crippen molar-refractivity contribution in [2.24, 2.45) is 4.99 Å². The molecule has 4 atom stereocenters. The van der Waals surface area contributed by atoms with Gasteiger partial charge in [-0.2, -0.15) is 0 Å². The first-order valence-electron chi connectivity index (χ1n) is 12.1. The van der Waals surface area contributed by atoms with Gasteiger partial charge in [0.15, 0.2) is 0 Å². The summed E-state index contributed by atoms with van der Waals surface area (Å²) in [6, 6.07) is 9.09. The summed E-state index contributed by atoms with van der Waals surface area (Å²) in [6.45, 7) is 6.09. The van der Waals surface area contributed by atoms with E-state index in [1.165, 1.54) is 18.1 Å². The number of carbonyl (C=O) groups excluding carboxylic acids is 1. The number of amides is 1. The van der Waals surface area contributed by atoms with Crippen molar-refractivity contribution in [3.8, 4) is 0 Å². The van der Waals surface area contributed by atoms with Crippen LogP contribution in [0.5, 0.6) is 0 Å². The molecule has 2 rings (SSSR count). The molecule has 0 saturated carbocycles. The number of pyridine rings is 2. The zero-order chi connectivity index (χ0) is 28.1. The van der Waals surface area contributed by atoms with Crippen LogP contribution in [0.15, 0.2) is 72.6 Å². The number of rotatable bonds is 15. The smallest absolute Gasteiger partial charge is 0.255 e. The molecule has 2 aromatic heterocycles. The first-order chi connectivity index (χ1) is 18.2. The quantitative estimate of drug-likeness (QED) is 0.160. The van der Waals surface area contributed by atoms with Crippen LogP contribution in [0, 0.1) is 0 Å². The lowest BCUT2D eigenvalue weighted by Gasteiger charge is -2.28. The predicted octanol–water partition coefficient (Wildman–Crippen LogP) is 0.147. The average Bonchev–Trinajstić information content (AvgIpc) is 2.92. The highest BCUT2D eigenvalue weighted by Crippen LogP contribution is 2.12. The van der Waals surface area contributed by atoms with E-state index < -0.39 is 36.9 Å². The normalized spacial score (nSPS) is 15.3. The number of hydrogen-bond donors (Lipinski definition) is 5. The molecule has 0 unspecified atom stereocenters. The van der Waals surface area contributed by atoms with Crippen LogP contribution >= 0.6 is 0 Å². The van der Waals surface area contributed by atoms with E-state index in [-0.39, 0.29) is 12.1 Å². The Morgan fingerprint density at radius 1 is 1.05 bits per heavy atom. The summed E-state index contributed by atoms with van der Waals surface area (Å²) in [5.41, 5.74) is 2.79. The number of likely N-dealkylation sites (N-methyl/N-ethyl adjacent to an activating group) is 1. The Bertz CT molecular complexity index is 1060. The van der Waals surface area contributed by atoms with Crippen LogP contribution in [-0.4, -0.2) is 108 Å². The fourth-order valence-corrected chi connectivity index (χ4v) is 3.61. The summed E-state index contributed by atoms with van der Waals surface area (Å²) in [4.78, 5) is 29.3. The highest BCUT2D eigenvalue weighted by atomic mass is 16.4. The SMILES string of the molecule is C=C/C=C\N=C(C)CN(Cc1ccccn1)Cc1ccc(C(=O)N(C)C[C@H](O)[C@@H](O)[C@H](O)[C@H](O)CO)cn1. The van der Waals surface area contributed by atoms with Crippen LogP contribution in [0.4, 0.5) is 0 Å². The zero-order valence-corrected chi connectivity index (χ0v) is 21.7. The molecule has 0 aliphatic rings. The molecule has 0 aliphatic carbocycles. The molecule has 0 spiro atoms. The molecular formula is C27H37N5O6. The minimum atomic E-state index is -1.76. The zero-order valence-electron chi connectivity index (χ0n) is 21.7. The van der Waals surface area contributed by atoms with Crippen molar-refractivity contribution in [1.29, 1.82) is 0 Å². The monoisotopic (exact) mass is 527 g/mol. The van der Waals surface area contributed by atoms with E-state index in [0.717, 1.165) is 17.1 Å². The molecule has 0 saturated heterocycles. The number of nitrogens with zero attached hydrogens (tertiary/aromatic N) is 5. The lowest BCUT2D eigenvalue weighted by molar-refractivity contribution is -0.117. The fraction of sp³-hybridized carbons (Fsp3) is 0.407. The van der Waals surface area contributed by atoms with Gasteiger partial charge < -0.3 is 30.4 Å². The molecule has 5 N–H and O–H groups in total. The Hall–Kier alpha value is -3.32. The van der Waals surface area contributed by atoms with Crippen molar-refractivity contribution in [3.05, 3.63) is 84.6 Å². The number of allylic oxidation sites excluding steroid dienone is 2. The van der Waals surface area contributed by atoms with Crippen molar-refractivity contribution in [2.45, 2.75) is 44.4 Å². The number of aliphatic hydroxyl groups is 5. The summed E-state index contributed by atoms with van der Waals surface area (Å²) in [5.74, 6) is -0.449. The molecule has 0 bridgehead atoms. The minimum Gasteiger partial charge on any atom is -0.394 e. The third-order valence-corrected chi connectivity index (χ3v) is 5.67. The van der Waals surface area contributed by atoms with Crippen LogP contribution in [-0.2, 0) is 13.1 Å². The van der Waals surface area contributed by atoms with E-state index in [0.29, 0.717) is 19.6 Å².